The van der Waals surface area contributed by atoms with E-state index in [-0.39, 0.29) is 35.5 Å². The van der Waals surface area contributed by atoms with E-state index in [1.807, 2.05) is 31.2 Å². The molecule has 0 N–H and O–H groups in total. The van der Waals surface area contributed by atoms with Crippen LogP contribution in [-0.4, -0.2) is 13.7 Å². The van der Waals surface area contributed by atoms with Gasteiger partial charge in [0.05, 0.1) is 13.7 Å². The van der Waals surface area contributed by atoms with E-state index in [1.165, 1.54) is 19.2 Å². The average molecular weight is 473 g/mol. The fourth-order valence-electron chi connectivity index (χ4n) is 4.65. The number of halogens is 4. The molecule has 1 saturated carbocycles. The van der Waals surface area contributed by atoms with Gasteiger partial charge in [-0.1, -0.05) is 43.3 Å². The second kappa shape index (κ2) is 10.5. The second-order valence-electron chi connectivity index (χ2n) is 8.80. The Kier molecular flexibility index (Phi) is 7.44. The first-order valence-corrected chi connectivity index (χ1v) is 11.6. The van der Waals surface area contributed by atoms with Gasteiger partial charge in [0.25, 0.3) is 0 Å². The molecule has 3 aromatic carbocycles. The van der Waals surface area contributed by atoms with Gasteiger partial charge in [-0.3, -0.25) is 0 Å². The molecule has 0 aromatic heterocycles. The van der Waals surface area contributed by atoms with Gasteiger partial charge in [0, 0.05) is 5.56 Å². The maximum absolute atomic E-state index is 15.0. The highest BCUT2D eigenvalue weighted by Crippen LogP contribution is 2.39. The minimum atomic E-state index is -1.08. The summed E-state index contributed by atoms with van der Waals surface area (Å²) >= 11 is 0. The first-order valence-electron chi connectivity index (χ1n) is 11.6. The van der Waals surface area contributed by atoms with Crippen LogP contribution in [0.2, 0.25) is 0 Å². The van der Waals surface area contributed by atoms with Crippen molar-refractivity contribution in [2.24, 2.45) is 5.92 Å². The van der Waals surface area contributed by atoms with Crippen LogP contribution < -0.4 is 9.47 Å². The molecular formula is C28H28F4O2. The first kappa shape index (κ1) is 24.1. The number of aryl methyl sites for hydroxylation is 1. The molecule has 2 nitrogen and oxygen atoms in total. The third-order valence-electron chi connectivity index (χ3n) is 6.78. The zero-order valence-corrected chi connectivity index (χ0v) is 19.3. The van der Waals surface area contributed by atoms with Crippen molar-refractivity contribution in [1.82, 2.24) is 0 Å². The zero-order valence-electron chi connectivity index (χ0n) is 19.3. The second-order valence-corrected chi connectivity index (χ2v) is 8.80. The smallest absolute Gasteiger partial charge is 0.204 e. The Hall–Kier alpha value is -3.02. The Morgan fingerprint density at radius 1 is 0.735 bits per heavy atom. The number of benzene rings is 3. The number of rotatable bonds is 7. The molecule has 4 rings (SSSR count). The summed E-state index contributed by atoms with van der Waals surface area (Å²) in [5.74, 6) is -4.04. The van der Waals surface area contributed by atoms with Crippen LogP contribution >= 0.6 is 0 Å². The van der Waals surface area contributed by atoms with Gasteiger partial charge in [-0.2, -0.15) is 8.78 Å². The van der Waals surface area contributed by atoms with Crippen molar-refractivity contribution in [3.8, 4) is 22.6 Å². The van der Waals surface area contributed by atoms with Crippen molar-refractivity contribution in [2.45, 2.75) is 44.9 Å². The number of hydrogen-bond donors (Lipinski definition) is 0. The molecule has 6 heteroatoms. The van der Waals surface area contributed by atoms with Gasteiger partial charge < -0.3 is 9.47 Å². The standard InChI is InChI=1S/C28H28F4O2/c1-3-17-4-8-19(9-5-17)21-12-13-22(26(30)25(21)29)20-10-6-18(7-11-20)16-34-24-15-14-23(33-2)27(31)28(24)32/h4-5,8-9,12-15,18,20H,3,6-7,10-11,16H2,1-2H3. The van der Waals surface area contributed by atoms with E-state index in [9.17, 15) is 13.2 Å². The monoisotopic (exact) mass is 472 g/mol. The average Bonchev–Trinajstić information content (AvgIpc) is 2.87. The van der Waals surface area contributed by atoms with Crippen LogP contribution in [0.25, 0.3) is 11.1 Å². The molecule has 34 heavy (non-hydrogen) atoms. The lowest BCUT2D eigenvalue weighted by molar-refractivity contribution is 0.191. The molecule has 0 atom stereocenters. The zero-order chi connectivity index (χ0) is 24.2. The summed E-state index contributed by atoms with van der Waals surface area (Å²) in [6.07, 6.45) is 3.69. The van der Waals surface area contributed by atoms with Gasteiger partial charge in [0.1, 0.15) is 0 Å². The van der Waals surface area contributed by atoms with Crippen LogP contribution in [-0.2, 0) is 6.42 Å². The van der Waals surface area contributed by atoms with Crippen LogP contribution in [0.15, 0.2) is 48.5 Å². The molecule has 0 radical (unpaired) electrons. The Bertz CT molecular complexity index is 1140. The van der Waals surface area contributed by atoms with Crippen molar-refractivity contribution < 1.29 is 27.0 Å². The maximum Gasteiger partial charge on any atom is 0.204 e. The summed E-state index contributed by atoms with van der Waals surface area (Å²) in [6.45, 7) is 2.28. The Labute approximate surface area is 197 Å². The summed E-state index contributed by atoms with van der Waals surface area (Å²) in [5, 5.41) is 0. The minimum absolute atomic E-state index is 0.0857. The highest BCUT2D eigenvalue weighted by Gasteiger charge is 2.27. The summed E-state index contributed by atoms with van der Waals surface area (Å²) in [6, 6.07) is 13.5. The van der Waals surface area contributed by atoms with Crippen molar-refractivity contribution in [3.05, 3.63) is 82.9 Å². The van der Waals surface area contributed by atoms with E-state index in [0.29, 0.717) is 24.0 Å². The number of ether oxygens (including phenoxy) is 2. The molecule has 1 aliphatic rings. The molecule has 0 aliphatic heterocycles. The molecule has 0 spiro atoms. The largest absolute Gasteiger partial charge is 0.494 e. The highest BCUT2D eigenvalue weighted by atomic mass is 19.2. The van der Waals surface area contributed by atoms with Gasteiger partial charge in [0.2, 0.25) is 11.6 Å². The first-order chi connectivity index (χ1) is 16.4. The predicted octanol–water partition coefficient (Wildman–Crippen LogP) is 7.83. The molecule has 0 unspecified atom stereocenters. The molecule has 0 saturated heterocycles. The van der Waals surface area contributed by atoms with E-state index >= 15 is 4.39 Å². The Morgan fingerprint density at radius 3 is 2.03 bits per heavy atom. The topological polar surface area (TPSA) is 18.5 Å². The minimum Gasteiger partial charge on any atom is -0.494 e. The summed E-state index contributed by atoms with van der Waals surface area (Å²) in [7, 11) is 1.27. The lowest BCUT2D eigenvalue weighted by Gasteiger charge is -2.29. The van der Waals surface area contributed by atoms with Gasteiger partial charge in [-0.05, 0) is 72.8 Å². The third-order valence-corrected chi connectivity index (χ3v) is 6.78. The van der Waals surface area contributed by atoms with Gasteiger partial charge in [0.15, 0.2) is 23.1 Å². The molecule has 0 amide bonds. The summed E-state index contributed by atoms with van der Waals surface area (Å²) in [4.78, 5) is 0. The van der Waals surface area contributed by atoms with E-state index in [1.54, 1.807) is 12.1 Å². The quantitative estimate of drug-likeness (QED) is 0.326. The molecule has 3 aromatic rings. The van der Waals surface area contributed by atoms with Crippen LogP contribution in [0.3, 0.4) is 0 Å². The summed E-state index contributed by atoms with van der Waals surface area (Å²) in [5.41, 5.74) is 2.46. The SMILES string of the molecule is CCc1ccc(-c2ccc(C3CCC(COc4ccc(OC)c(F)c4F)CC3)c(F)c2F)cc1. The van der Waals surface area contributed by atoms with Crippen LogP contribution in [0.5, 0.6) is 11.5 Å². The van der Waals surface area contributed by atoms with Crippen molar-refractivity contribution >= 4 is 0 Å². The van der Waals surface area contributed by atoms with E-state index < -0.39 is 23.3 Å². The normalized spacial score (nSPS) is 18.1. The predicted molar refractivity (Wildman–Crippen MR) is 124 cm³/mol. The number of methoxy groups -OCH3 is 1. The van der Waals surface area contributed by atoms with Crippen molar-refractivity contribution in [3.63, 3.8) is 0 Å². The van der Waals surface area contributed by atoms with Gasteiger partial charge >= 0.3 is 0 Å². The highest BCUT2D eigenvalue weighted by molar-refractivity contribution is 5.65. The fraction of sp³-hybridized carbons (Fsp3) is 0.357. The van der Waals surface area contributed by atoms with E-state index in [4.69, 9.17) is 9.47 Å². The molecule has 1 fully saturated rings. The van der Waals surface area contributed by atoms with Gasteiger partial charge in [-0.15, -0.1) is 0 Å². The lowest BCUT2D eigenvalue weighted by Crippen LogP contribution is -2.20. The summed E-state index contributed by atoms with van der Waals surface area (Å²) < 4.78 is 68.2. The van der Waals surface area contributed by atoms with E-state index in [2.05, 4.69) is 0 Å². The lowest BCUT2D eigenvalue weighted by atomic mass is 9.78. The van der Waals surface area contributed by atoms with Crippen molar-refractivity contribution in [1.29, 1.82) is 0 Å². The van der Waals surface area contributed by atoms with E-state index in [0.717, 1.165) is 24.8 Å². The molecule has 0 heterocycles. The molecule has 1 aliphatic carbocycles. The molecule has 180 valence electrons. The van der Waals surface area contributed by atoms with Crippen molar-refractivity contribution in [2.75, 3.05) is 13.7 Å². The third kappa shape index (κ3) is 4.91. The Morgan fingerprint density at radius 2 is 1.38 bits per heavy atom. The molecule has 0 bridgehead atoms. The van der Waals surface area contributed by atoms with Crippen LogP contribution in [0, 0.1) is 29.2 Å². The van der Waals surface area contributed by atoms with Crippen LogP contribution in [0.1, 0.15) is 49.7 Å². The maximum atomic E-state index is 15.0. The fourth-order valence-corrected chi connectivity index (χ4v) is 4.65. The van der Waals surface area contributed by atoms with Crippen LogP contribution in [0.4, 0.5) is 17.6 Å². The van der Waals surface area contributed by atoms with Gasteiger partial charge in [-0.25, -0.2) is 8.78 Å². The number of hydrogen-bond acceptors (Lipinski definition) is 2. The molecular weight excluding hydrogens is 444 g/mol. The Balaban J connectivity index is 1.38.